The quantitative estimate of drug-likeness (QED) is 0.297. The van der Waals surface area contributed by atoms with Crippen LogP contribution in [0.5, 0.6) is 0 Å². The predicted octanol–water partition coefficient (Wildman–Crippen LogP) is 1.58. The van der Waals surface area contributed by atoms with E-state index >= 15 is 0 Å². The van der Waals surface area contributed by atoms with E-state index in [2.05, 4.69) is 31.4 Å². The topological polar surface area (TPSA) is 149 Å². The highest BCUT2D eigenvalue weighted by molar-refractivity contribution is 6.08. The number of carbonyl (C=O) groups is 4. The average Bonchev–Trinajstić information content (AvgIpc) is 3.59. The number of H-pyrrole nitrogens is 1. The number of nitrogens with zero attached hydrogens (tertiary/aromatic N) is 3. The number of benzene rings is 2. The van der Waals surface area contributed by atoms with E-state index in [0.717, 1.165) is 22.4 Å². The molecular formula is C30H35N7O4. The fourth-order valence-corrected chi connectivity index (χ4v) is 5.58. The summed E-state index contributed by atoms with van der Waals surface area (Å²) in [5, 5.41) is 18.9. The lowest BCUT2D eigenvalue weighted by atomic mass is 10.00. The maximum atomic E-state index is 14.0. The van der Waals surface area contributed by atoms with Crippen LogP contribution in [-0.4, -0.2) is 57.2 Å². The van der Waals surface area contributed by atoms with Crippen molar-refractivity contribution < 1.29 is 19.2 Å². The minimum Gasteiger partial charge on any atom is -0.348 e. The second-order valence-electron chi connectivity index (χ2n) is 11.0. The van der Waals surface area contributed by atoms with Crippen LogP contribution < -0.4 is 20.9 Å². The number of carbonyl (C=O) groups excluding carboxylic acids is 4. The molecule has 5 rings (SSSR count). The number of nitrogens with one attached hydrogen (secondary N) is 4. The van der Waals surface area contributed by atoms with Crippen LogP contribution in [0, 0.1) is 5.92 Å². The van der Waals surface area contributed by atoms with Crippen LogP contribution in [-0.2, 0) is 45.0 Å². The molecule has 41 heavy (non-hydrogen) atoms. The summed E-state index contributed by atoms with van der Waals surface area (Å²) in [4.78, 5) is 55.2. The Bertz CT molecular complexity index is 1410. The SMILES string of the molecule is CC(C)C[C@H](NC(=O)Cc1ccccc1)C(=O)N[C@H]1CCc2cccc3c2N(C1=O)[C@H](C(=O)NCc1cn[nH]n1)C3. The number of aryl methyl sites for hydroxylation is 1. The first-order valence-electron chi connectivity index (χ1n) is 14.0. The highest BCUT2D eigenvalue weighted by Gasteiger charge is 2.44. The summed E-state index contributed by atoms with van der Waals surface area (Å²) in [5.41, 5.74) is 4.07. The molecule has 0 aliphatic carbocycles. The van der Waals surface area contributed by atoms with E-state index in [-0.39, 0.29) is 36.6 Å². The molecule has 0 fully saturated rings. The first-order valence-corrected chi connectivity index (χ1v) is 14.0. The molecule has 0 spiro atoms. The summed E-state index contributed by atoms with van der Waals surface area (Å²) >= 11 is 0. The number of anilines is 1. The Morgan fingerprint density at radius 2 is 1.85 bits per heavy atom. The van der Waals surface area contributed by atoms with Crippen LogP contribution in [0.1, 0.15) is 49.1 Å². The highest BCUT2D eigenvalue weighted by atomic mass is 16.2. The van der Waals surface area contributed by atoms with Crippen molar-refractivity contribution in [1.82, 2.24) is 31.4 Å². The van der Waals surface area contributed by atoms with Crippen LogP contribution in [0.4, 0.5) is 5.69 Å². The van der Waals surface area contributed by atoms with Gasteiger partial charge >= 0.3 is 0 Å². The molecule has 3 atom stereocenters. The van der Waals surface area contributed by atoms with Crippen LogP contribution >= 0.6 is 0 Å². The molecule has 1 aromatic heterocycles. The molecule has 11 nitrogen and oxygen atoms in total. The molecule has 0 radical (unpaired) electrons. The third-order valence-corrected chi connectivity index (χ3v) is 7.50. The molecule has 11 heteroatoms. The number of para-hydroxylation sites is 1. The van der Waals surface area contributed by atoms with Crippen molar-refractivity contribution >= 4 is 29.3 Å². The fourth-order valence-electron chi connectivity index (χ4n) is 5.58. The lowest BCUT2D eigenvalue weighted by molar-refractivity contribution is -0.132. The van der Waals surface area contributed by atoms with Gasteiger partial charge in [0.25, 0.3) is 0 Å². The van der Waals surface area contributed by atoms with Crippen molar-refractivity contribution in [1.29, 1.82) is 0 Å². The summed E-state index contributed by atoms with van der Waals surface area (Å²) in [7, 11) is 0. The van der Waals surface area contributed by atoms with Crippen LogP contribution in [0.3, 0.4) is 0 Å². The minimum atomic E-state index is -0.840. The number of hydrogen-bond acceptors (Lipinski definition) is 6. The van der Waals surface area contributed by atoms with Crippen molar-refractivity contribution in [3.8, 4) is 0 Å². The first kappa shape index (κ1) is 28.0. The molecule has 214 valence electrons. The summed E-state index contributed by atoms with van der Waals surface area (Å²) in [6, 6.07) is 12.8. The second-order valence-corrected chi connectivity index (χ2v) is 11.0. The predicted molar refractivity (Wildman–Crippen MR) is 151 cm³/mol. The lowest BCUT2D eigenvalue weighted by Crippen LogP contribution is -2.57. The van der Waals surface area contributed by atoms with E-state index in [1.165, 1.54) is 6.20 Å². The van der Waals surface area contributed by atoms with Crippen molar-refractivity contribution in [2.45, 2.75) is 70.6 Å². The normalized spacial score (nSPS) is 18.4. The monoisotopic (exact) mass is 557 g/mol. The molecule has 0 saturated heterocycles. The van der Waals surface area contributed by atoms with Gasteiger partial charge in [0, 0.05) is 6.42 Å². The summed E-state index contributed by atoms with van der Waals surface area (Å²) in [5.74, 6) is -1.17. The third kappa shape index (κ3) is 6.45. The summed E-state index contributed by atoms with van der Waals surface area (Å²) in [6.07, 6.45) is 3.44. The van der Waals surface area contributed by atoms with Gasteiger partial charge < -0.3 is 16.0 Å². The van der Waals surface area contributed by atoms with E-state index in [1.54, 1.807) is 4.90 Å². The molecule has 0 saturated carbocycles. The Morgan fingerprint density at radius 3 is 2.59 bits per heavy atom. The van der Waals surface area contributed by atoms with Crippen molar-refractivity contribution in [3.63, 3.8) is 0 Å². The fraction of sp³-hybridized carbons (Fsp3) is 0.400. The van der Waals surface area contributed by atoms with Crippen molar-refractivity contribution in [3.05, 3.63) is 77.1 Å². The van der Waals surface area contributed by atoms with E-state index in [1.807, 2.05) is 62.4 Å². The van der Waals surface area contributed by atoms with Crippen LogP contribution in [0.15, 0.2) is 54.7 Å². The minimum absolute atomic E-state index is 0.135. The lowest BCUT2D eigenvalue weighted by Gasteiger charge is -2.29. The highest BCUT2D eigenvalue weighted by Crippen LogP contribution is 2.39. The van der Waals surface area contributed by atoms with Crippen LogP contribution in [0.2, 0.25) is 0 Å². The third-order valence-electron chi connectivity index (χ3n) is 7.50. The summed E-state index contributed by atoms with van der Waals surface area (Å²) in [6.45, 7) is 4.13. The first-order chi connectivity index (χ1) is 19.8. The van der Waals surface area contributed by atoms with E-state index in [4.69, 9.17) is 0 Å². The van der Waals surface area contributed by atoms with Gasteiger partial charge in [0.2, 0.25) is 23.6 Å². The Hall–Kier alpha value is -4.54. The Kier molecular flexibility index (Phi) is 8.42. The van der Waals surface area contributed by atoms with Gasteiger partial charge in [-0.1, -0.05) is 62.4 Å². The molecule has 0 unspecified atom stereocenters. The Balaban J connectivity index is 1.31. The smallest absolute Gasteiger partial charge is 0.250 e. The van der Waals surface area contributed by atoms with Gasteiger partial charge in [-0.15, -0.1) is 0 Å². The van der Waals surface area contributed by atoms with E-state index in [0.29, 0.717) is 31.4 Å². The van der Waals surface area contributed by atoms with E-state index < -0.39 is 24.0 Å². The number of hydrogen-bond donors (Lipinski definition) is 4. The van der Waals surface area contributed by atoms with E-state index in [9.17, 15) is 19.2 Å². The molecule has 2 aliphatic rings. The molecule has 0 bridgehead atoms. The molecule has 3 aromatic rings. The largest absolute Gasteiger partial charge is 0.348 e. The Labute approximate surface area is 238 Å². The van der Waals surface area contributed by atoms with Gasteiger partial charge in [0.15, 0.2) is 0 Å². The van der Waals surface area contributed by atoms with Gasteiger partial charge in [0.1, 0.15) is 23.8 Å². The standard InChI is InChI=1S/C30H35N7O4/c1-18(2)13-24(33-26(38)14-19-7-4-3-5-8-19)28(39)34-23-12-11-20-9-6-10-21-15-25(37(27(20)21)30(23)41)29(40)31-16-22-17-32-36-35-22/h3-10,17-18,23-25H,11-16H2,1-2H3,(H,31,40)(H,33,38)(H,34,39)(H,32,35,36)/t23-,24-,25-/m0/s1. The van der Waals surface area contributed by atoms with Gasteiger partial charge in [0.05, 0.1) is 24.8 Å². The average molecular weight is 558 g/mol. The number of amides is 4. The maximum Gasteiger partial charge on any atom is 0.250 e. The molecule has 4 N–H and O–H groups in total. The molecular weight excluding hydrogens is 522 g/mol. The molecule has 4 amide bonds. The van der Waals surface area contributed by atoms with Gasteiger partial charge in [-0.25, -0.2) is 0 Å². The van der Waals surface area contributed by atoms with Crippen molar-refractivity contribution in [2.75, 3.05) is 4.90 Å². The zero-order valence-corrected chi connectivity index (χ0v) is 23.2. The van der Waals surface area contributed by atoms with Crippen molar-refractivity contribution in [2.24, 2.45) is 5.92 Å². The second kappa shape index (κ2) is 12.3. The molecule has 2 aliphatic heterocycles. The number of aromatic nitrogens is 3. The maximum absolute atomic E-state index is 14.0. The zero-order valence-electron chi connectivity index (χ0n) is 23.2. The number of aromatic amines is 1. The summed E-state index contributed by atoms with van der Waals surface area (Å²) < 4.78 is 0. The van der Waals surface area contributed by atoms with Gasteiger partial charge in [-0.05, 0) is 41.9 Å². The number of rotatable bonds is 10. The van der Waals surface area contributed by atoms with Gasteiger partial charge in [-0.2, -0.15) is 15.4 Å². The van der Waals surface area contributed by atoms with Crippen LogP contribution in [0.25, 0.3) is 0 Å². The molecule has 3 heterocycles. The molecule has 2 aromatic carbocycles. The Morgan fingerprint density at radius 1 is 1.07 bits per heavy atom. The van der Waals surface area contributed by atoms with Gasteiger partial charge in [-0.3, -0.25) is 24.1 Å². The zero-order chi connectivity index (χ0) is 28.9.